The number of thiophene rings is 1. The molecule has 1 rings (SSSR count). The van der Waals surface area contributed by atoms with Gasteiger partial charge in [0.2, 0.25) is 0 Å². The minimum atomic E-state index is -4.13. The molecule has 0 radical (unpaired) electrons. The molecule has 0 fully saturated rings. The molecule has 0 aliphatic rings. The summed E-state index contributed by atoms with van der Waals surface area (Å²) in [5.41, 5.74) is 0.606. The summed E-state index contributed by atoms with van der Waals surface area (Å²) in [7, 11) is 0. The summed E-state index contributed by atoms with van der Waals surface area (Å²) in [6.07, 6.45) is -4.96. The second-order valence-electron chi connectivity index (χ2n) is 3.48. The molecule has 96 valence electrons. The molecule has 0 atom stereocenters. The number of alkyl halides is 3. The second kappa shape index (κ2) is 6.02. The summed E-state index contributed by atoms with van der Waals surface area (Å²) in [5, 5.41) is 13.2. The zero-order valence-corrected chi connectivity index (χ0v) is 9.70. The van der Waals surface area contributed by atoms with E-state index in [-0.39, 0.29) is 24.4 Å². The molecule has 0 aliphatic carbocycles. The van der Waals surface area contributed by atoms with E-state index < -0.39 is 18.6 Å². The fourth-order valence-corrected chi connectivity index (χ4v) is 2.06. The zero-order chi connectivity index (χ0) is 12.9. The standard InChI is InChI=1S/C10H12F3NO2S/c11-10(12,13)3-1-4-14-6-7-2-5-17-8(7)9(15)16/h2,5,14H,1,3-4,6H2,(H,15,16). The van der Waals surface area contributed by atoms with E-state index in [9.17, 15) is 18.0 Å². The van der Waals surface area contributed by atoms with Crippen LogP contribution < -0.4 is 5.32 Å². The quantitative estimate of drug-likeness (QED) is 0.779. The largest absolute Gasteiger partial charge is 0.477 e. The van der Waals surface area contributed by atoms with Crippen molar-refractivity contribution in [1.82, 2.24) is 5.32 Å². The van der Waals surface area contributed by atoms with Gasteiger partial charge in [-0.05, 0) is 30.0 Å². The zero-order valence-electron chi connectivity index (χ0n) is 8.88. The molecule has 1 aromatic heterocycles. The molecule has 0 saturated heterocycles. The number of halogens is 3. The van der Waals surface area contributed by atoms with Crippen molar-refractivity contribution in [3.8, 4) is 0 Å². The Morgan fingerprint density at radius 3 is 2.76 bits per heavy atom. The van der Waals surface area contributed by atoms with E-state index in [1.165, 1.54) is 0 Å². The van der Waals surface area contributed by atoms with Crippen molar-refractivity contribution < 1.29 is 23.1 Å². The van der Waals surface area contributed by atoms with Gasteiger partial charge in [0, 0.05) is 13.0 Å². The lowest BCUT2D eigenvalue weighted by Crippen LogP contribution is -2.18. The topological polar surface area (TPSA) is 49.3 Å². The van der Waals surface area contributed by atoms with Crippen LogP contribution in [-0.4, -0.2) is 23.8 Å². The van der Waals surface area contributed by atoms with Gasteiger partial charge in [-0.15, -0.1) is 11.3 Å². The molecule has 1 heterocycles. The van der Waals surface area contributed by atoms with Crippen LogP contribution in [0.5, 0.6) is 0 Å². The van der Waals surface area contributed by atoms with Crippen LogP contribution in [0.1, 0.15) is 28.1 Å². The molecule has 2 N–H and O–H groups in total. The maximum absolute atomic E-state index is 11.8. The molecule has 0 spiro atoms. The average Bonchev–Trinajstić information content (AvgIpc) is 2.63. The smallest absolute Gasteiger partial charge is 0.389 e. The van der Waals surface area contributed by atoms with Crippen molar-refractivity contribution in [2.24, 2.45) is 0 Å². The highest BCUT2D eigenvalue weighted by Crippen LogP contribution is 2.21. The van der Waals surface area contributed by atoms with E-state index in [4.69, 9.17) is 5.11 Å². The average molecular weight is 267 g/mol. The van der Waals surface area contributed by atoms with E-state index >= 15 is 0 Å². The van der Waals surface area contributed by atoms with Gasteiger partial charge in [0.15, 0.2) is 0 Å². The van der Waals surface area contributed by atoms with Gasteiger partial charge < -0.3 is 10.4 Å². The summed E-state index contributed by atoms with van der Waals surface area (Å²) >= 11 is 1.11. The van der Waals surface area contributed by atoms with Gasteiger partial charge in [-0.2, -0.15) is 13.2 Å². The fourth-order valence-electron chi connectivity index (χ4n) is 1.30. The highest BCUT2D eigenvalue weighted by Gasteiger charge is 2.25. The molecular formula is C10H12F3NO2S. The lowest BCUT2D eigenvalue weighted by molar-refractivity contribution is -0.135. The van der Waals surface area contributed by atoms with Crippen LogP contribution >= 0.6 is 11.3 Å². The number of hydrogen-bond acceptors (Lipinski definition) is 3. The number of nitrogens with one attached hydrogen (secondary N) is 1. The van der Waals surface area contributed by atoms with Crippen molar-refractivity contribution in [3.05, 3.63) is 21.9 Å². The van der Waals surface area contributed by atoms with Crippen molar-refractivity contribution in [2.75, 3.05) is 6.54 Å². The molecule has 0 unspecified atom stereocenters. The molecule has 17 heavy (non-hydrogen) atoms. The molecule has 0 saturated carbocycles. The van der Waals surface area contributed by atoms with Crippen LogP contribution in [0.25, 0.3) is 0 Å². The first kappa shape index (κ1) is 14.0. The molecule has 0 amide bonds. The normalized spacial score (nSPS) is 11.7. The fraction of sp³-hybridized carbons (Fsp3) is 0.500. The molecule has 3 nitrogen and oxygen atoms in total. The predicted octanol–water partition coefficient (Wildman–Crippen LogP) is 2.88. The van der Waals surface area contributed by atoms with Crippen LogP contribution in [0.15, 0.2) is 11.4 Å². The molecular weight excluding hydrogens is 255 g/mol. The summed E-state index contributed by atoms with van der Waals surface area (Å²) in [6, 6.07) is 1.66. The lowest BCUT2D eigenvalue weighted by atomic mass is 10.2. The van der Waals surface area contributed by atoms with Crippen LogP contribution in [0.4, 0.5) is 13.2 Å². The van der Waals surface area contributed by atoms with Gasteiger partial charge >= 0.3 is 12.1 Å². The lowest BCUT2D eigenvalue weighted by Gasteiger charge is -2.07. The van der Waals surface area contributed by atoms with Gasteiger partial charge in [-0.25, -0.2) is 4.79 Å². The Balaban J connectivity index is 2.27. The Kier molecular flexibility index (Phi) is 4.95. The third-order valence-corrected chi connectivity index (χ3v) is 3.01. The highest BCUT2D eigenvalue weighted by molar-refractivity contribution is 7.12. The first-order valence-corrected chi connectivity index (χ1v) is 5.85. The Morgan fingerprint density at radius 1 is 1.47 bits per heavy atom. The SMILES string of the molecule is O=C(O)c1sccc1CNCCCC(F)(F)F. The summed E-state index contributed by atoms with van der Waals surface area (Å²) < 4.78 is 35.5. The van der Waals surface area contributed by atoms with E-state index in [1.54, 1.807) is 11.4 Å². The molecule has 1 aromatic rings. The third-order valence-electron chi connectivity index (χ3n) is 2.07. The highest BCUT2D eigenvalue weighted by atomic mass is 32.1. The minimum absolute atomic E-state index is 0.00393. The molecule has 0 aromatic carbocycles. The van der Waals surface area contributed by atoms with E-state index in [2.05, 4.69) is 5.32 Å². The summed E-state index contributed by atoms with van der Waals surface area (Å²) in [6.45, 7) is 0.497. The van der Waals surface area contributed by atoms with Gasteiger partial charge in [-0.3, -0.25) is 0 Å². The van der Waals surface area contributed by atoms with Crippen LogP contribution in [0.2, 0.25) is 0 Å². The number of carboxylic acids is 1. The predicted molar refractivity (Wildman–Crippen MR) is 58.3 cm³/mol. The molecule has 0 aliphatic heterocycles. The first-order chi connectivity index (χ1) is 7.90. The monoisotopic (exact) mass is 267 g/mol. The van der Waals surface area contributed by atoms with Crippen LogP contribution in [0.3, 0.4) is 0 Å². The maximum Gasteiger partial charge on any atom is 0.389 e. The summed E-state index contributed by atoms with van der Waals surface area (Å²) in [5.74, 6) is -1.01. The van der Waals surface area contributed by atoms with Crippen molar-refractivity contribution >= 4 is 17.3 Å². The minimum Gasteiger partial charge on any atom is -0.477 e. The van der Waals surface area contributed by atoms with E-state index in [1.807, 2.05) is 0 Å². The van der Waals surface area contributed by atoms with Crippen LogP contribution in [-0.2, 0) is 6.54 Å². The Labute approximate surface area is 100 Å². The first-order valence-electron chi connectivity index (χ1n) is 4.97. The maximum atomic E-state index is 11.8. The van der Waals surface area contributed by atoms with Gasteiger partial charge in [0.05, 0.1) is 0 Å². The van der Waals surface area contributed by atoms with Crippen molar-refractivity contribution in [1.29, 1.82) is 0 Å². The number of hydrogen-bond donors (Lipinski definition) is 2. The second-order valence-corrected chi connectivity index (χ2v) is 4.39. The van der Waals surface area contributed by atoms with Gasteiger partial charge in [-0.1, -0.05) is 0 Å². The number of carbonyl (C=O) groups is 1. The van der Waals surface area contributed by atoms with Crippen molar-refractivity contribution in [2.45, 2.75) is 25.6 Å². The van der Waals surface area contributed by atoms with E-state index in [0.29, 0.717) is 5.56 Å². The number of rotatable bonds is 6. The third kappa shape index (κ3) is 5.18. The van der Waals surface area contributed by atoms with Crippen LogP contribution in [0, 0.1) is 0 Å². The number of aromatic carboxylic acids is 1. The number of carboxylic acid groups (broad SMARTS) is 1. The summed E-state index contributed by atoms with van der Waals surface area (Å²) in [4.78, 5) is 11.0. The van der Waals surface area contributed by atoms with Gasteiger partial charge in [0.1, 0.15) is 4.88 Å². The van der Waals surface area contributed by atoms with Crippen molar-refractivity contribution in [3.63, 3.8) is 0 Å². The Hall–Kier alpha value is -1.08. The Bertz CT molecular complexity index is 376. The van der Waals surface area contributed by atoms with Gasteiger partial charge in [0.25, 0.3) is 0 Å². The Morgan fingerprint density at radius 2 is 2.18 bits per heavy atom. The van der Waals surface area contributed by atoms with E-state index in [0.717, 1.165) is 11.3 Å². The molecule has 7 heteroatoms. The molecule has 0 bridgehead atoms.